The lowest BCUT2D eigenvalue weighted by Gasteiger charge is -2.35. The monoisotopic (exact) mass is 321 g/mol. The molecule has 2 aliphatic rings. The van der Waals surface area contributed by atoms with Gasteiger partial charge in [-0.2, -0.15) is 4.99 Å². The number of nitrogens with zero attached hydrogens (tertiary/aromatic N) is 2. The lowest BCUT2D eigenvalue weighted by atomic mass is 9.90. The maximum Gasteiger partial charge on any atom is 0.346 e. The molecule has 1 unspecified atom stereocenters. The van der Waals surface area contributed by atoms with Crippen molar-refractivity contribution in [2.45, 2.75) is 37.8 Å². The van der Waals surface area contributed by atoms with Crippen molar-refractivity contribution in [1.82, 2.24) is 4.90 Å². The van der Waals surface area contributed by atoms with Gasteiger partial charge < -0.3 is 10.6 Å². The minimum absolute atomic E-state index is 0.181. The van der Waals surface area contributed by atoms with Crippen LogP contribution >= 0.6 is 15.9 Å². The zero-order valence-electron chi connectivity index (χ0n) is 10.8. The summed E-state index contributed by atoms with van der Waals surface area (Å²) in [6.45, 7) is 2.01. The predicted octanol–water partition coefficient (Wildman–Crippen LogP) is 2.71. The largest absolute Gasteiger partial charge is 0.385 e. The minimum atomic E-state index is -0.480. The van der Waals surface area contributed by atoms with Gasteiger partial charge in [0, 0.05) is 16.9 Å². The third kappa shape index (κ3) is 2.16. The first-order valence-corrected chi connectivity index (χ1v) is 7.22. The molecule has 1 fully saturated rings. The number of amidine groups is 1. The molecule has 3 rings (SSSR count). The van der Waals surface area contributed by atoms with Gasteiger partial charge in [-0.1, -0.05) is 28.1 Å². The zero-order chi connectivity index (χ0) is 13.6. The maximum atomic E-state index is 12.0. The van der Waals surface area contributed by atoms with Crippen LogP contribution in [0.3, 0.4) is 0 Å². The van der Waals surface area contributed by atoms with Gasteiger partial charge >= 0.3 is 6.03 Å². The van der Waals surface area contributed by atoms with E-state index in [0.29, 0.717) is 18.3 Å². The van der Waals surface area contributed by atoms with Gasteiger partial charge in [-0.05, 0) is 37.5 Å². The number of benzene rings is 1. The molecule has 2 N–H and O–H groups in total. The molecule has 0 saturated heterocycles. The second-order valence-corrected chi connectivity index (χ2v) is 6.37. The number of carbonyl (C=O) groups is 1. The lowest BCUT2D eigenvalue weighted by Crippen LogP contribution is -2.54. The number of rotatable bonds is 3. The SMILES string of the molecule is CC1(Cc2ccc(Br)cc2)C(N)=NC(=O)N1C1CC1. The highest BCUT2D eigenvalue weighted by molar-refractivity contribution is 9.10. The number of halogens is 1. The molecule has 1 aliphatic heterocycles. The van der Waals surface area contributed by atoms with Crippen LogP contribution in [-0.2, 0) is 6.42 Å². The second kappa shape index (κ2) is 4.34. The van der Waals surface area contributed by atoms with E-state index in [1.165, 1.54) is 0 Å². The molecule has 1 heterocycles. The van der Waals surface area contributed by atoms with Crippen molar-refractivity contribution in [3.8, 4) is 0 Å². The number of nitrogens with two attached hydrogens (primary N) is 1. The Morgan fingerprint density at radius 3 is 2.63 bits per heavy atom. The van der Waals surface area contributed by atoms with E-state index in [4.69, 9.17) is 5.73 Å². The highest BCUT2D eigenvalue weighted by Crippen LogP contribution is 2.38. The third-order valence-electron chi connectivity index (χ3n) is 3.88. The van der Waals surface area contributed by atoms with Crippen LogP contribution < -0.4 is 5.73 Å². The fourth-order valence-electron chi connectivity index (χ4n) is 2.68. The molecule has 1 saturated carbocycles. The van der Waals surface area contributed by atoms with Gasteiger partial charge in [0.05, 0.1) is 0 Å². The standard InChI is InChI=1S/C14H16BrN3O/c1-14(8-9-2-4-10(15)5-3-9)12(16)17-13(19)18(14)11-6-7-11/h2-5,11H,6-8H2,1H3,(H2,16,17,19). The van der Waals surface area contributed by atoms with E-state index in [0.717, 1.165) is 22.9 Å². The van der Waals surface area contributed by atoms with E-state index in [1.807, 2.05) is 24.0 Å². The molecule has 19 heavy (non-hydrogen) atoms. The molecule has 0 spiro atoms. The molecule has 2 amide bonds. The molecule has 1 aromatic rings. The summed E-state index contributed by atoms with van der Waals surface area (Å²) < 4.78 is 1.05. The van der Waals surface area contributed by atoms with Gasteiger partial charge in [-0.15, -0.1) is 0 Å². The number of hydrogen-bond donors (Lipinski definition) is 1. The Balaban J connectivity index is 1.89. The van der Waals surface area contributed by atoms with Crippen LogP contribution in [0, 0.1) is 0 Å². The van der Waals surface area contributed by atoms with E-state index < -0.39 is 5.54 Å². The normalized spacial score (nSPS) is 26.7. The number of carbonyl (C=O) groups excluding carboxylic acids is 1. The van der Waals surface area contributed by atoms with E-state index in [9.17, 15) is 4.79 Å². The first kappa shape index (κ1) is 12.7. The number of aliphatic imine (C=N–C) groups is 1. The zero-order valence-corrected chi connectivity index (χ0v) is 12.4. The van der Waals surface area contributed by atoms with Gasteiger partial charge in [0.2, 0.25) is 0 Å². The third-order valence-corrected chi connectivity index (χ3v) is 4.41. The highest BCUT2D eigenvalue weighted by atomic mass is 79.9. The lowest BCUT2D eigenvalue weighted by molar-refractivity contribution is 0.173. The number of urea groups is 1. The van der Waals surface area contributed by atoms with Crippen molar-refractivity contribution in [3.05, 3.63) is 34.3 Å². The molecule has 1 atom stereocenters. The van der Waals surface area contributed by atoms with Gasteiger partial charge in [0.1, 0.15) is 11.4 Å². The summed E-state index contributed by atoms with van der Waals surface area (Å²) >= 11 is 3.43. The van der Waals surface area contributed by atoms with Crippen molar-refractivity contribution < 1.29 is 4.79 Å². The Bertz CT molecular complexity index is 550. The molecular weight excluding hydrogens is 306 g/mol. The molecule has 5 heteroatoms. The predicted molar refractivity (Wildman–Crippen MR) is 78.1 cm³/mol. The van der Waals surface area contributed by atoms with E-state index in [-0.39, 0.29) is 6.03 Å². The van der Waals surface area contributed by atoms with Crippen molar-refractivity contribution in [3.63, 3.8) is 0 Å². The van der Waals surface area contributed by atoms with Crippen LogP contribution in [0.25, 0.3) is 0 Å². The first-order chi connectivity index (χ1) is 9.00. The van der Waals surface area contributed by atoms with Crippen molar-refractivity contribution in [1.29, 1.82) is 0 Å². The van der Waals surface area contributed by atoms with Crippen LogP contribution in [-0.4, -0.2) is 28.3 Å². The van der Waals surface area contributed by atoms with Crippen molar-refractivity contribution >= 4 is 27.8 Å². The minimum Gasteiger partial charge on any atom is -0.385 e. The average Bonchev–Trinajstić information content (AvgIpc) is 3.13. The molecule has 1 aliphatic carbocycles. The average molecular weight is 322 g/mol. The molecule has 4 nitrogen and oxygen atoms in total. The Hall–Kier alpha value is -1.36. The fraction of sp³-hybridized carbons (Fsp3) is 0.429. The summed E-state index contributed by atoms with van der Waals surface area (Å²) in [6.07, 6.45) is 2.83. The first-order valence-electron chi connectivity index (χ1n) is 6.43. The van der Waals surface area contributed by atoms with Crippen LogP contribution in [0.1, 0.15) is 25.3 Å². The van der Waals surface area contributed by atoms with Crippen LogP contribution in [0.5, 0.6) is 0 Å². The smallest absolute Gasteiger partial charge is 0.346 e. The number of hydrogen-bond acceptors (Lipinski definition) is 2. The van der Waals surface area contributed by atoms with Gasteiger partial charge in [-0.3, -0.25) is 0 Å². The van der Waals surface area contributed by atoms with E-state index in [1.54, 1.807) is 0 Å². The van der Waals surface area contributed by atoms with E-state index in [2.05, 4.69) is 33.1 Å². The van der Waals surface area contributed by atoms with Crippen LogP contribution in [0.15, 0.2) is 33.7 Å². The van der Waals surface area contributed by atoms with Crippen molar-refractivity contribution in [2.75, 3.05) is 0 Å². The fourth-order valence-corrected chi connectivity index (χ4v) is 2.94. The Morgan fingerprint density at radius 2 is 2.05 bits per heavy atom. The van der Waals surface area contributed by atoms with Gasteiger partial charge in [0.25, 0.3) is 0 Å². The number of amides is 2. The van der Waals surface area contributed by atoms with Crippen LogP contribution in [0.4, 0.5) is 4.79 Å². The summed E-state index contributed by atoms with van der Waals surface area (Å²) in [5.41, 5.74) is 6.69. The molecule has 1 aromatic carbocycles. The summed E-state index contributed by atoms with van der Waals surface area (Å²) in [7, 11) is 0. The summed E-state index contributed by atoms with van der Waals surface area (Å²) in [4.78, 5) is 17.8. The van der Waals surface area contributed by atoms with Crippen LogP contribution in [0.2, 0.25) is 0 Å². The van der Waals surface area contributed by atoms with E-state index >= 15 is 0 Å². The van der Waals surface area contributed by atoms with Gasteiger partial charge in [0.15, 0.2) is 0 Å². The van der Waals surface area contributed by atoms with Crippen molar-refractivity contribution in [2.24, 2.45) is 10.7 Å². The summed E-state index contributed by atoms with van der Waals surface area (Å²) in [6, 6.07) is 8.25. The molecule has 100 valence electrons. The summed E-state index contributed by atoms with van der Waals surface area (Å²) in [5.74, 6) is 0.437. The highest BCUT2D eigenvalue weighted by Gasteiger charge is 2.50. The van der Waals surface area contributed by atoms with Gasteiger partial charge in [-0.25, -0.2) is 4.79 Å². The molecule has 0 radical (unpaired) electrons. The molecule has 0 aromatic heterocycles. The molecule has 0 bridgehead atoms. The summed E-state index contributed by atoms with van der Waals surface area (Å²) in [5, 5.41) is 0. The Morgan fingerprint density at radius 1 is 1.42 bits per heavy atom. The quantitative estimate of drug-likeness (QED) is 0.930. The topological polar surface area (TPSA) is 58.7 Å². The Kier molecular flexibility index (Phi) is 2.89. The molecular formula is C14H16BrN3O. The Labute approximate surface area is 120 Å². The second-order valence-electron chi connectivity index (χ2n) is 5.46. The maximum absolute atomic E-state index is 12.0.